The standard InChI is InChI=1S/C68H90O8S/c1-61(2,3)69-49-35-31-43(39-53(49)73-65(13,14)15)47-27-25-29-57(59(47)45-33-37-51(71-63(7,8)9)55(41-45)75-67(19,20)21)77-58-30-26-28-48(44-32-36-50(70-62(4,5)6)54(40-44)74-66(16,17)18)60(58)46-34-38-52(72-64(10,11)12)56(42-46)76-68(22,23)24/h25-42H,1-24H3. The molecule has 0 N–H and O–H groups in total. The minimum Gasteiger partial charge on any atom is -0.484 e. The van der Waals surface area contributed by atoms with Gasteiger partial charge in [-0.15, -0.1) is 0 Å². The Hall–Kier alpha value is -5.93. The predicted molar refractivity (Wildman–Crippen MR) is 322 cm³/mol. The molecule has 0 aliphatic rings. The Morgan fingerprint density at radius 1 is 0.234 bits per heavy atom. The van der Waals surface area contributed by atoms with Gasteiger partial charge in [-0.1, -0.05) is 60.3 Å². The molecule has 0 fully saturated rings. The van der Waals surface area contributed by atoms with Crippen LogP contribution in [0.4, 0.5) is 0 Å². The monoisotopic (exact) mass is 1070 g/mol. The van der Waals surface area contributed by atoms with E-state index in [2.05, 4.69) is 251 Å². The maximum absolute atomic E-state index is 6.77. The Kier molecular flexibility index (Phi) is 17.3. The normalized spacial score (nSPS) is 13.0. The SMILES string of the molecule is CC(C)(C)Oc1ccc(-c2cccc(Sc3cccc(-c4ccc(OC(C)(C)C)c(OC(C)(C)C)c4)c3-c3ccc(OC(C)(C)C)c(OC(C)(C)C)c3)c2-c2ccc(OC(C)(C)C)c(OC(C)(C)C)c2)cc1OC(C)(C)C. The van der Waals surface area contributed by atoms with Crippen molar-refractivity contribution in [2.24, 2.45) is 0 Å². The highest BCUT2D eigenvalue weighted by atomic mass is 32.2. The number of hydrogen-bond acceptors (Lipinski definition) is 9. The second-order valence-electron chi connectivity index (χ2n) is 27.8. The van der Waals surface area contributed by atoms with Gasteiger partial charge in [-0.25, -0.2) is 0 Å². The van der Waals surface area contributed by atoms with E-state index in [9.17, 15) is 0 Å². The molecule has 0 unspecified atom stereocenters. The fourth-order valence-corrected chi connectivity index (χ4v) is 9.59. The lowest BCUT2D eigenvalue weighted by Crippen LogP contribution is -2.26. The van der Waals surface area contributed by atoms with Gasteiger partial charge >= 0.3 is 0 Å². The number of hydrogen-bond donors (Lipinski definition) is 0. The lowest BCUT2D eigenvalue weighted by Gasteiger charge is -2.29. The predicted octanol–water partition coefficient (Wildman–Crippen LogP) is 19.9. The van der Waals surface area contributed by atoms with Gasteiger partial charge in [-0.05, 0) is 260 Å². The largest absolute Gasteiger partial charge is 0.484 e. The average Bonchev–Trinajstić information content (AvgIpc) is 3.22. The van der Waals surface area contributed by atoms with Crippen LogP contribution in [0.1, 0.15) is 166 Å². The van der Waals surface area contributed by atoms with Crippen molar-refractivity contribution in [3.05, 3.63) is 109 Å². The summed E-state index contributed by atoms with van der Waals surface area (Å²) >= 11 is 1.71. The van der Waals surface area contributed by atoms with Crippen molar-refractivity contribution in [1.29, 1.82) is 0 Å². The summed E-state index contributed by atoms with van der Waals surface area (Å²) in [7, 11) is 0. The molecule has 0 radical (unpaired) electrons. The van der Waals surface area contributed by atoms with Crippen molar-refractivity contribution in [3.63, 3.8) is 0 Å². The maximum atomic E-state index is 6.77. The highest BCUT2D eigenvalue weighted by molar-refractivity contribution is 7.99. The van der Waals surface area contributed by atoms with Gasteiger partial charge in [0.15, 0.2) is 46.0 Å². The number of rotatable bonds is 14. The van der Waals surface area contributed by atoms with E-state index in [0.717, 1.165) is 54.3 Å². The molecule has 0 aromatic heterocycles. The maximum Gasteiger partial charge on any atom is 0.162 e. The molecule has 0 aliphatic heterocycles. The molecule has 0 heterocycles. The summed E-state index contributed by atoms with van der Waals surface area (Å²) < 4.78 is 53.2. The molecule has 6 rings (SSSR count). The molecule has 0 spiro atoms. The van der Waals surface area contributed by atoms with Crippen molar-refractivity contribution in [2.45, 2.75) is 221 Å². The van der Waals surface area contributed by atoms with Crippen LogP contribution in [-0.2, 0) is 0 Å². The van der Waals surface area contributed by atoms with E-state index in [1.54, 1.807) is 11.8 Å². The van der Waals surface area contributed by atoms with Gasteiger partial charge in [-0.2, -0.15) is 0 Å². The van der Waals surface area contributed by atoms with Gasteiger partial charge in [0.05, 0.1) is 0 Å². The average molecular weight is 1070 g/mol. The topological polar surface area (TPSA) is 73.8 Å². The van der Waals surface area contributed by atoms with Gasteiger partial charge in [-0.3, -0.25) is 0 Å². The van der Waals surface area contributed by atoms with Crippen LogP contribution in [0.25, 0.3) is 44.5 Å². The molecule has 77 heavy (non-hydrogen) atoms. The zero-order valence-electron chi connectivity index (χ0n) is 51.1. The quantitative estimate of drug-likeness (QED) is 0.106. The molecule has 0 saturated carbocycles. The lowest BCUT2D eigenvalue weighted by molar-refractivity contribution is 0.0958. The van der Waals surface area contributed by atoms with Crippen LogP contribution < -0.4 is 37.9 Å². The van der Waals surface area contributed by atoms with E-state index in [1.807, 2.05) is 24.3 Å². The van der Waals surface area contributed by atoms with E-state index in [4.69, 9.17) is 37.9 Å². The van der Waals surface area contributed by atoms with Crippen LogP contribution in [0.3, 0.4) is 0 Å². The zero-order chi connectivity index (χ0) is 57.5. The Balaban J connectivity index is 1.72. The van der Waals surface area contributed by atoms with Gasteiger partial charge in [0.2, 0.25) is 0 Å². The lowest BCUT2D eigenvalue weighted by atomic mass is 9.93. The fourth-order valence-electron chi connectivity index (χ4n) is 8.40. The van der Waals surface area contributed by atoms with Crippen molar-refractivity contribution >= 4 is 11.8 Å². The molecule has 6 aromatic rings. The van der Waals surface area contributed by atoms with Crippen LogP contribution in [0, 0.1) is 0 Å². The van der Waals surface area contributed by atoms with E-state index in [-0.39, 0.29) is 0 Å². The third-order valence-corrected chi connectivity index (χ3v) is 11.7. The minimum absolute atomic E-state index is 0.450. The first-order valence-corrected chi connectivity index (χ1v) is 27.9. The fraction of sp³-hybridized carbons (Fsp3) is 0.471. The van der Waals surface area contributed by atoms with E-state index < -0.39 is 44.8 Å². The first-order valence-electron chi connectivity index (χ1n) is 27.1. The first-order chi connectivity index (χ1) is 35.1. The molecule has 0 amide bonds. The third kappa shape index (κ3) is 18.1. The Bertz CT molecular complexity index is 2810. The van der Waals surface area contributed by atoms with E-state index in [1.165, 1.54) is 0 Å². The Labute approximate surface area is 467 Å². The molecular weight excluding hydrogens is 977 g/mol. The Morgan fingerprint density at radius 3 is 0.675 bits per heavy atom. The summed E-state index contributed by atoms with van der Waals surface area (Å²) in [5, 5.41) is 0. The van der Waals surface area contributed by atoms with Crippen LogP contribution >= 0.6 is 11.8 Å². The highest BCUT2D eigenvalue weighted by Crippen LogP contribution is 2.51. The summed E-state index contributed by atoms with van der Waals surface area (Å²) in [6.45, 7) is 49.3. The summed E-state index contributed by atoms with van der Waals surface area (Å²) in [5.41, 5.74) is 4.03. The number of ether oxygens (including phenoxy) is 8. The molecule has 0 saturated heterocycles. The third-order valence-electron chi connectivity index (χ3n) is 10.6. The highest BCUT2D eigenvalue weighted by Gasteiger charge is 2.28. The van der Waals surface area contributed by atoms with Crippen molar-refractivity contribution in [2.75, 3.05) is 0 Å². The summed E-state index contributed by atoms with van der Waals surface area (Å²) in [4.78, 5) is 2.04. The van der Waals surface area contributed by atoms with Crippen LogP contribution in [0.15, 0.2) is 119 Å². The summed E-state index contributed by atoms with van der Waals surface area (Å²) in [5.74, 6) is 5.33. The summed E-state index contributed by atoms with van der Waals surface area (Å²) in [6.07, 6.45) is 0. The van der Waals surface area contributed by atoms with E-state index >= 15 is 0 Å². The second kappa shape index (κ2) is 22.1. The van der Waals surface area contributed by atoms with Crippen LogP contribution in [0.2, 0.25) is 0 Å². The smallest absolute Gasteiger partial charge is 0.162 e. The molecule has 0 aliphatic carbocycles. The van der Waals surface area contributed by atoms with Gasteiger partial charge in [0.1, 0.15) is 44.8 Å². The molecule has 9 heteroatoms. The molecular formula is C68H90O8S. The second-order valence-corrected chi connectivity index (χ2v) is 28.9. The molecule has 6 aromatic carbocycles. The van der Waals surface area contributed by atoms with E-state index in [0.29, 0.717) is 46.0 Å². The molecule has 416 valence electrons. The Morgan fingerprint density at radius 2 is 0.442 bits per heavy atom. The van der Waals surface area contributed by atoms with Gasteiger partial charge in [0.25, 0.3) is 0 Å². The van der Waals surface area contributed by atoms with Crippen molar-refractivity contribution < 1.29 is 37.9 Å². The minimum atomic E-state index is -0.513. The zero-order valence-corrected chi connectivity index (χ0v) is 51.9. The first kappa shape index (κ1) is 60.3. The van der Waals surface area contributed by atoms with Crippen molar-refractivity contribution in [3.8, 4) is 90.5 Å². The molecule has 0 bridgehead atoms. The molecule has 8 nitrogen and oxygen atoms in total. The summed E-state index contributed by atoms with van der Waals surface area (Å²) in [6, 6.07) is 38.2. The van der Waals surface area contributed by atoms with Gasteiger partial charge in [0, 0.05) is 20.9 Å². The van der Waals surface area contributed by atoms with Crippen LogP contribution in [-0.4, -0.2) is 44.8 Å². The van der Waals surface area contributed by atoms with Gasteiger partial charge < -0.3 is 37.9 Å². The van der Waals surface area contributed by atoms with Crippen molar-refractivity contribution in [1.82, 2.24) is 0 Å². The number of benzene rings is 6. The molecule has 0 atom stereocenters. The van der Waals surface area contributed by atoms with Crippen LogP contribution in [0.5, 0.6) is 46.0 Å².